The molecule has 1 fully saturated rings. The largest absolute Gasteiger partial charge is 0.469 e. The topological polar surface area (TPSA) is 38.3 Å². The predicted molar refractivity (Wildman–Crippen MR) is 60.7 cm³/mol. The molecule has 0 aromatic carbocycles. The van der Waals surface area contributed by atoms with Crippen LogP contribution in [-0.2, 0) is 9.53 Å². The van der Waals surface area contributed by atoms with Gasteiger partial charge in [-0.3, -0.25) is 4.79 Å². The van der Waals surface area contributed by atoms with E-state index in [2.05, 4.69) is 23.9 Å². The number of nitrogens with one attached hydrogen (secondary N) is 1. The molecule has 3 nitrogen and oxygen atoms in total. The standard InChI is InChI=1S/C12H23NO2/c1-9-5-4-6-11(7-9)13-10(2)8-12(14)15-3/h9-11,13H,4-8H2,1-3H3. The molecule has 0 amide bonds. The van der Waals surface area contributed by atoms with Crippen LogP contribution in [0.5, 0.6) is 0 Å². The average Bonchev–Trinajstić information content (AvgIpc) is 2.17. The minimum atomic E-state index is -0.126. The van der Waals surface area contributed by atoms with E-state index in [9.17, 15) is 4.79 Å². The summed E-state index contributed by atoms with van der Waals surface area (Å²) in [5, 5.41) is 3.51. The highest BCUT2D eigenvalue weighted by molar-refractivity contribution is 5.69. The minimum absolute atomic E-state index is 0.126. The van der Waals surface area contributed by atoms with Crippen molar-refractivity contribution in [1.29, 1.82) is 0 Å². The molecule has 3 atom stereocenters. The molecule has 0 saturated heterocycles. The van der Waals surface area contributed by atoms with E-state index < -0.39 is 0 Å². The Hall–Kier alpha value is -0.570. The smallest absolute Gasteiger partial charge is 0.307 e. The Kier molecular flexibility index (Phi) is 5.09. The quantitative estimate of drug-likeness (QED) is 0.727. The summed E-state index contributed by atoms with van der Waals surface area (Å²) >= 11 is 0. The van der Waals surface area contributed by atoms with Crippen LogP contribution in [0, 0.1) is 5.92 Å². The Morgan fingerprint density at radius 2 is 2.27 bits per heavy atom. The molecule has 1 rings (SSSR count). The van der Waals surface area contributed by atoms with E-state index in [1.807, 2.05) is 0 Å². The van der Waals surface area contributed by atoms with Crippen molar-refractivity contribution >= 4 is 5.97 Å². The van der Waals surface area contributed by atoms with E-state index >= 15 is 0 Å². The van der Waals surface area contributed by atoms with Gasteiger partial charge in [0.2, 0.25) is 0 Å². The van der Waals surface area contributed by atoms with E-state index in [1.165, 1.54) is 32.8 Å². The van der Waals surface area contributed by atoms with E-state index in [-0.39, 0.29) is 12.0 Å². The summed E-state index contributed by atoms with van der Waals surface area (Å²) in [7, 11) is 1.44. The van der Waals surface area contributed by atoms with Gasteiger partial charge in [-0.1, -0.05) is 19.8 Å². The molecule has 0 heterocycles. The highest BCUT2D eigenvalue weighted by Crippen LogP contribution is 2.23. The third-order valence-electron chi connectivity index (χ3n) is 3.16. The number of methoxy groups -OCH3 is 1. The van der Waals surface area contributed by atoms with Gasteiger partial charge in [0, 0.05) is 12.1 Å². The van der Waals surface area contributed by atoms with Crippen LogP contribution in [0.4, 0.5) is 0 Å². The Bertz CT molecular complexity index is 206. The number of hydrogen-bond acceptors (Lipinski definition) is 3. The Labute approximate surface area is 92.6 Å². The number of carbonyl (C=O) groups excluding carboxylic acids is 1. The summed E-state index contributed by atoms with van der Waals surface area (Å²) < 4.78 is 4.65. The first-order chi connectivity index (χ1) is 7.11. The first-order valence-electron chi connectivity index (χ1n) is 5.94. The third-order valence-corrected chi connectivity index (χ3v) is 3.16. The second-order valence-electron chi connectivity index (χ2n) is 4.82. The fraction of sp³-hybridized carbons (Fsp3) is 0.917. The molecule has 0 radical (unpaired) electrons. The molecule has 1 aliphatic carbocycles. The van der Waals surface area contributed by atoms with Crippen LogP contribution < -0.4 is 5.32 Å². The monoisotopic (exact) mass is 213 g/mol. The summed E-state index contributed by atoms with van der Waals surface area (Å²) in [5.74, 6) is 0.695. The van der Waals surface area contributed by atoms with Gasteiger partial charge >= 0.3 is 5.97 Å². The molecule has 1 N–H and O–H groups in total. The molecular weight excluding hydrogens is 190 g/mol. The molecule has 0 aromatic heterocycles. The van der Waals surface area contributed by atoms with Gasteiger partial charge in [-0.25, -0.2) is 0 Å². The van der Waals surface area contributed by atoms with Crippen molar-refractivity contribution in [3.63, 3.8) is 0 Å². The first-order valence-corrected chi connectivity index (χ1v) is 5.94. The number of ether oxygens (including phenoxy) is 1. The highest BCUT2D eigenvalue weighted by atomic mass is 16.5. The van der Waals surface area contributed by atoms with Gasteiger partial charge in [0.1, 0.15) is 0 Å². The molecule has 0 aromatic rings. The zero-order valence-corrected chi connectivity index (χ0v) is 10.1. The zero-order chi connectivity index (χ0) is 11.3. The van der Waals surface area contributed by atoms with Crippen molar-refractivity contribution in [1.82, 2.24) is 5.32 Å². The zero-order valence-electron chi connectivity index (χ0n) is 10.1. The van der Waals surface area contributed by atoms with Crippen molar-refractivity contribution < 1.29 is 9.53 Å². The lowest BCUT2D eigenvalue weighted by Gasteiger charge is -2.29. The van der Waals surface area contributed by atoms with Gasteiger partial charge in [-0.05, 0) is 25.7 Å². The number of esters is 1. The van der Waals surface area contributed by atoms with Crippen LogP contribution in [0.2, 0.25) is 0 Å². The SMILES string of the molecule is COC(=O)CC(C)NC1CCCC(C)C1. The lowest BCUT2D eigenvalue weighted by Crippen LogP contribution is -2.40. The summed E-state index contributed by atoms with van der Waals surface area (Å²) in [6.45, 7) is 4.36. The second-order valence-corrected chi connectivity index (χ2v) is 4.82. The number of rotatable bonds is 4. The van der Waals surface area contributed by atoms with Crippen molar-refractivity contribution in [2.75, 3.05) is 7.11 Å². The molecule has 15 heavy (non-hydrogen) atoms. The summed E-state index contributed by atoms with van der Waals surface area (Å²) in [6, 6.07) is 0.821. The highest BCUT2D eigenvalue weighted by Gasteiger charge is 2.20. The van der Waals surface area contributed by atoms with E-state index in [1.54, 1.807) is 0 Å². The maximum Gasteiger partial charge on any atom is 0.307 e. The molecule has 0 bridgehead atoms. The van der Waals surface area contributed by atoms with Crippen LogP contribution >= 0.6 is 0 Å². The second kappa shape index (κ2) is 6.11. The molecule has 0 aliphatic heterocycles. The molecule has 0 spiro atoms. The normalized spacial score (nSPS) is 28.5. The van der Waals surface area contributed by atoms with E-state index in [0.717, 1.165) is 5.92 Å². The maximum absolute atomic E-state index is 11.1. The van der Waals surface area contributed by atoms with Gasteiger partial charge in [-0.15, -0.1) is 0 Å². The van der Waals surface area contributed by atoms with Crippen LogP contribution in [0.3, 0.4) is 0 Å². The maximum atomic E-state index is 11.1. The lowest BCUT2D eigenvalue weighted by molar-refractivity contribution is -0.141. The van der Waals surface area contributed by atoms with Crippen molar-refractivity contribution in [3.05, 3.63) is 0 Å². The molecule has 1 saturated carbocycles. The van der Waals surface area contributed by atoms with Crippen LogP contribution in [0.25, 0.3) is 0 Å². The number of hydrogen-bond donors (Lipinski definition) is 1. The fourth-order valence-corrected chi connectivity index (χ4v) is 2.38. The van der Waals surface area contributed by atoms with E-state index in [0.29, 0.717) is 12.5 Å². The van der Waals surface area contributed by atoms with Crippen LogP contribution in [0.15, 0.2) is 0 Å². The lowest BCUT2D eigenvalue weighted by atomic mass is 9.86. The summed E-state index contributed by atoms with van der Waals surface area (Å²) in [4.78, 5) is 11.1. The molecule has 3 unspecified atom stereocenters. The molecule has 88 valence electrons. The van der Waals surface area contributed by atoms with Crippen molar-refractivity contribution in [2.45, 2.75) is 58.0 Å². The Morgan fingerprint density at radius 3 is 2.87 bits per heavy atom. The molecular formula is C12H23NO2. The average molecular weight is 213 g/mol. The van der Waals surface area contributed by atoms with Crippen molar-refractivity contribution in [3.8, 4) is 0 Å². The first kappa shape index (κ1) is 12.5. The summed E-state index contributed by atoms with van der Waals surface area (Å²) in [6.07, 6.45) is 5.62. The van der Waals surface area contributed by atoms with Crippen LogP contribution in [-0.4, -0.2) is 25.2 Å². The minimum Gasteiger partial charge on any atom is -0.469 e. The molecule has 1 aliphatic rings. The van der Waals surface area contributed by atoms with Crippen molar-refractivity contribution in [2.24, 2.45) is 5.92 Å². The predicted octanol–water partition coefficient (Wildman–Crippen LogP) is 2.11. The fourth-order valence-electron chi connectivity index (χ4n) is 2.38. The van der Waals surface area contributed by atoms with Crippen LogP contribution in [0.1, 0.15) is 46.0 Å². The van der Waals surface area contributed by atoms with Gasteiger partial charge in [0.25, 0.3) is 0 Å². The Balaban J connectivity index is 2.24. The Morgan fingerprint density at radius 1 is 1.53 bits per heavy atom. The summed E-state index contributed by atoms with van der Waals surface area (Å²) in [5.41, 5.74) is 0. The molecule has 3 heteroatoms. The van der Waals surface area contributed by atoms with E-state index in [4.69, 9.17) is 0 Å². The van der Waals surface area contributed by atoms with Gasteiger partial charge in [-0.2, -0.15) is 0 Å². The van der Waals surface area contributed by atoms with Gasteiger partial charge in [0.15, 0.2) is 0 Å². The number of carbonyl (C=O) groups is 1. The van der Waals surface area contributed by atoms with Gasteiger partial charge in [0.05, 0.1) is 13.5 Å². The van der Waals surface area contributed by atoms with Gasteiger partial charge < -0.3 is 10.1 Å². The third kappa shape index (κ3) is 4.65.